The van der Waals surface area contributed by atoms with Crippen LogP contribution < -0.4 is 14.7 Å². The molecule has 6 unspecified atom stereocenters. The number of amides is 4. The molecule has 0 aromatic heterocycles. The predicted molar refractivity (Wildman–Crippen MR) is 193 cm³/mol. The molecule has 14 nitrogen and oxygen atoms in total. The number of rotatable bonds is 6. The molecule has 14 heteroatoms. The Kier molecular flexibility index (Phi) is 7.50. The molecular formula is C39H33N5O9. The van der Waals surface area contributed by atoms with Gasteiger partial charge in [0.2, 0.25) is 23.6 Å². The number of nitrogens with zero attached hydrogens (tertiary/aromatic N) is 5. The number of para-hydroxylation sites is 1. The lowest BCUT2D eigenvalue weighted by atomic mass is 9.51. The lowest BCUT2D eigenvalue weighted by Crippen LogP contribution is -2.48. The summed E-state index contributed by atoms with van der Waals surface area (Å²) < 4.78 is 0. The smallest absolute Gasteiger partial charge is 0.301 e. The normalized spacial score (nSPS) is 26.3. The quantitative estimate of drug-likeness (QED) is 0.110. The molecule has 6 atom stereocenters. The number of benzene rings is 4. The molecule has 4 aromatic rings. The Bertz CT molecular complexity index is 2320. The van der Waals surface area contributed by atoms with Crippen LogP contribution >= 0.6 is 0 Å². The van der Waals surface area contributed by atoms with E-state index >= 15 is 0 Å². The Morgan fingerprint density at radius 2 is 1.43 bits per heavy atom. The molecule has 3 fully saturated rings. The highest BCUT2D eigenvalue weighted by atomic mass is 16.6. The topological polar surface area (TPSA) is 185 Å². The van der Waals surface area contributed by atoms with E-state index in [4.69, 9.17) is 0 Å². The predicted octanol–water partition coefficient (Wildman–Crippen LogP) is 5.86. The number of anilines is 3. The summed E-state index contributed by atoms with van der Waals surface area (Å²) in [5.41, 5.74) is -1.86. The number of phenols is 1. The number of hydrogen-bond donors (Lipinski definition) is 1. The van der Waals surface area contributed by atoms with Crippen LogP contribution in [-0.2, 0) is 19.2 Å². The largest absolute Gasteiger partial charge is 0.507 e. The van der Waals surface area contributed by atoms with Crippen molar-refractivity contribution in [3.05, 3.63) is 116 Å². The maximum absolute atomic E-state index is 14.7. The molecule has 0 radical (unpaired) electrons. The van der Waals surface area contributed by atoms with Crippen LogP contribution in [0.4, 0.5) is 28.4 Å². The zero-order chi connectivity index (χ0) is 37.7. The van der Waals surface area contributed by atoms with Crippen LogP contribution in [0, 0.1) is 49.3 Å². The highest BCUT2D eigenvalue weighted by Crippen LogP contribution is 2.65. The highest BCUT2D eigenvalue weighted by Gasteiger charge is 2.68. The maximum atomic E-state index is 14.7. The molecule has 268 valence electrons. The highest BCUT2D eigenvalue weighted by molar-refractivity contribution is 6.25. The van der Waals surface area contributed by atoms with Gasteiger partial charge in [-0.15, -0.1) is 0 Å². The van der Waals surface area contributed by atoms with E-state index in [0.717, 1.165) is 22.4 Å². The minimum absolute atomic E-state index is 0.0367. The Labute approximate surface area is 302 Å². The standard InChI is InChI=1S/C39H33N5O9/c1-39-28(36(47)42(38(39)49)21-10-5-4-6-11-21)19-27-24(32(39)26-14-13-20-9-7-8-12-23(20)34(26)45)15-16-25-31(27)37(48)41(35(25)46)22-17-29(43(50)51)33(40(2)3)30(18-22)44(52)53/h4-15,17-18,25,27-28,31-32,45H,16,19H2,1-3H3. The zero-order valence-corrected chi connectivity index (χ0v) is 28.8. The summed E-state index contributed by atoms with van der Waals surface area (Å²) in [5.74, 6) is -6.91. The van der Waals surface area contributed by atoms with Crippen molar-refractivity contribution in [3.63, 3.8) is 0 Å². The number of imide groups is 2. The minimum atomic E-state index is -1.39. The molecule has 4 aliphatic rings. The van der Waals surface area contributed by atoms with Crippen LogP contribution in [0.1, 0.15) is 31.2 Å². The molecule has 1 saturated carbocycles. The summed E-state index contributed by atoms with van der Waals surface area (Å²) in [6, 6.07) is 21.3. The van der Waals surface area contributed by atoms with Crippen molar-refractivity contribution >= 4 is 62.8 Å². The van der Waals surface area contributed by atoms with E-state index in [0.29, 0.717) is 22.2 Å². The molecule has 53 heavy (non-hydrogen) atoms. The fraction of sp³-hybridized carbons (Fsp3) is 0.282. The van der Waals surface area contributed by atoms with Gasteiger partial charge in [0.05, 0.1) is 44.4 Å². The Morgan fingerprint density at radius 3 is 2.08 bits per heavy atom. The molecule has 4 aromatic carbocycles. The number of fused-ring (bicyclic) bond motifs is 5. The third-order valence-corrected chi connectivity index (χ3v) is 11.7. The van der Waals surface area contributed by atoms with Crippen LogP contribution in [0.2, 0.25) is 0 Å². The van der Waals surface area contributed by atoms with E-state index in [9.17, 15) is 44.5 Å². The lowest BCUT2D eigenvalue weighted by Gasteiger charge is -2.49. The number of carbonyl (C=O) groups is 4. The van der Waals surface area contributed by atoms with Crippen molar-refractivity contribution in [2.24, 2.45) is 29.1 Å². The first-order chi connectivity index (χ1) is 25.3. The average Bonchev–Trinajstić information content (AvgIpc) is 3.51. The van der Waals surface area contributed by atoms with E-state index in [-0.39, 0.29) is 30.0 Å². The monoisotopic (exact) mass is 715 g/mol. The molecule has 4 amide bonds. The summed E-state index contributed by atoms with van der Waals surface area (Å²) >= 11 is 0. The molecule has 2 aliphatic heterocycles. The van der Waals surface area contributed by atoms with Gasteiger partial charge in [-0.1, -0.05) is 66.2 Å². The number of carbonyl (C=O) groups excluding carboxylic acids is 4. The van der Waals surface area contributed by atoms with E-state index < -0.39 is 79.9 Å². The first kappa shape index (κ1) is 33.7. The van der Waals surface area contributed by atoms with Crippen LogP contribution in [0.3, 0.4) is 0 Å². The second kappa shape index (κ2) is 11.8. The summed E-state index contributed by atoms with van der Waals surface area (Å²) in [7, 11) is 2.83. The first-order valence-corrected chi connectivity index (χ1v) is 17.1. The molecule has 2 aliphatic carbocycles. The number of phenolic OH excluding ortho intramolecular Hbond substituents is 1. The van der Waals surface area contributed by atoms with Crippen molar-refractivity contribution in [1.82, 2.24) is 0 Å². The molecule has 1 N–H and O–H groups in total. The van der Waals surface area contributed by atoms with Gasteiger partial charge in [-0.3, -0.25) is 39.4 Å². The van der Waals surface area contributed by atoms with Gasteiger partial charge in [-0.05, 0) is 43.2 Å². The maximum Gasteiger partial charge on any atom is 0.301 e. The van der Waals surface area contributed by atoms with Gasteiger partial charge in [0.1, 0.15) is 5.75 Å². The van der Waals surface area contributed by atoms with Crippen molar-refractivity contribution < 1.29 is 34.1 Å². The van der Waals surface area contributed by atoms with Crippen LogP contribution in [0.25, 0.3) is 10.8 Å². The Morgan fingerprint density at radius 1 is 0.792 bits per heavy atom. The van der Waals surface area contributed by atoms with Gasteiger partial charge in [-0.25, -0.2) is 9.80 Å². The minimum Gasteiger partial charge on any atom is -0.507 e. The van der Waals surface area contributed by atoms with Crippen LogP contribution in [-0.4, -0.2) is 52.7 Å². The van der Waals surface area contributed by atoms with E-state index in [1.807, 2.05) is 24.3 Å². The SMILES string of the molecule is CN(C)c1c([N+](=O)[O-])cc(N2C(=O)C3CC=C4C(CC5C(=O)N(c6ccccc6)C(=O)C5(C)C4c4ccc5ccccc5c4O)C3C2=O)cc1[N+](=O)[O-]. The van der Waals surface area contributed by atoms with E-state index in [2.05, 4.69) is 0 Å². The Hall–Kier alpha value is -6.44. The van der Waals surface area contributed by atoms with Crippen LogP contribution in [0.5, 0.6) is 5.75 Å². The molecule has 2 heterocycles. The molecule has 0 spiro atoms. The number of nitro benzene ring substituents is 2. The molecule has 2 saturated heterocycles. The third kappa shape index (κ3) is 4.64. The molecular weight excluding hydrogens is 682 g/mol. The van der Waals surface area contributed by atoms with E-state index in [1.165, 1.54) is 23.9 Å². The van der Waals surface area contributed by atoms with Gasteiger partial charge < -0.3 is 10.0 Å². The van der Waals surface area contributed by atoms with Gasteiger partial charge >= 0.3 is 11.4 Å². The number of aromatic hydroxyl groups is 1. The fourth-order valence-electron chi connectivity index (χ4n) is 9.40. The summed E-state index contributed by atoms with van der Waals surface area (Å²) in [6.07, 6.45) is 1.92. The van der Waals surface area contributed by atoms with Crippen molar-refractivity contribution in [1.29, 1.82) is 0 Å². The molecule has 8 rings (SSSR count). The summed E-state index contributed by atoms with van der Waals surface area (Å²) in [5, 5.41) is 37.5. The van der Waals surface area contributed by atoms with Crippen molar-refractivity contribution in [3.8, 4) is 5.75 Å². The fourth-order valence-corrected chi connectivity index (χ4v) is 9.40. The Balaban J connectivity index is 1.28. The summed E-state index contributed by atoms with van der Waals surface area (Å²) in [6.45, 7) is 1.72. The first-order valence-electron chi connectivity index (χ1n) is 17.1. The number of allylic oxidation sites excluding steroid dienone is 2. The van der Waals surface area contributed by atoms with Crippen LogP contribution in [0.15, 0.2) is 90.5 Å². The average molecular weight is 716 g/mol. The second-order valence-corrected chi connectivity index (χ2v) is 14.5. The van der Waals surface area contributed by atoms with Crippen molar-refractivity contribution in [2.45, 2.75) is 25.7 Å². The summed E-state index contributed by atoms with van der Waals surface area (Å²) in [4.78, 5) is 83.8. The van der Waals surface area contributed by atoms with Gasteiger partial charge in [0.15, 0.2) is 5.69 Å². The lowest BCUT2D eigenvalue weighted by molar-refractivity contribution is -0.392. The number of nitro groups is 2. The van der Waals surface area contributed by atoms with Crippen molar-refractivity contribution in [2.75, 3.05) is 28.8 Å². The second-order valence-electron chi connectivity index (χ2n) is 14.5. The molecule has 0 bridgehead atoms. The zero-order valence-electron chi connectivity index (χ0n) is 28.8. The third-order valence-electron chi connectivity index (χ3n) is 11.7. The number of hydrogen-bond acceptors (Lipinski definition) is 10. The van der Waals surface area contributed by atoms with Gasteiger partial charge in [0, 0.05) is 43.1 Å². The van der Waals surface area contributed by atoms with Gasteiger partial charge in [-0.2, -0.15) is 0 Å². The van der Waals surface area contributed by atoms with Gasteiger partial charge in [0.25, 0.3) is 0 Å². The van der Waals surface area contributed by atoms with E-state index in [1.54, 1.807) is 55.5 Å².